The number of pyridine rings is 1. The van der Waals surface area contributed by atoms with E-state index in [1.165, 1.54) is 13.2 Å². The van der Waals surface area contributed by atoms with Gasteiger partial charge in [-0.25, -0.2) is 4.39 Å². The van der Waals surface area contributed by atoms with Crippen LogP contribution in [0.2, 0.25) is 5.02 Å². The Labute approximate surface area is 154 Å². The fourth-order valence-corrected chi connectivity index (χ4v) is 3.17. The fraction of sp³-hybridized carbons (Fsp3) is 0.158. The zero-order valence-electron chi connectivity index (χ0n) is 13.9. The first-order valence-corrected chi connectivity index (χ1v) is 8.17. The average Bonchev–Trinajstić information content (AvgIpc) is 2.64. The van der Waals surface area contributed by atoms with Gasteiger partial charge in [-0.1, -0.05) is 17.7 Å². The molecular weight excluding hydrogens is 359 g/mol. The molecule has 1 aromatic heterocycles. The number of nitrogens with two attached hydrogens (primary N) is 1. The van der Waals surface area contributed by atoms with Gasteiger partial charge in [0.25, 0.3) is 0 Å². The fourth-order valence-electron chi connectivity index (χ4n) is 2.97. The van der Waals surface area contributed by atoms with E-state index < -0.39 is 5.82 Å². The van der Waals surface area contributed by atoms with Gasteiger partial charge in [0.15, 0.2) is 12.0 Å². The Morgan fingerprint density at radius 3 is 2.73 bits per heavy atom. The third kappa shape index (κ3) is 3.09. The largest absolute Gasteiger partial charge is 0.505 e. The number of fused-ring (bicyclic) bond motifs is 1. The minimum absolute atomic E-state index is 0.0263. The van der Waals surface area contributed by atoms with Crippen LogP contribution in [0.3, 0.4) is 0 Å². The first-order chi connectivity index (χ1) is 12.5. The molecule has 2 aromatic carbocycles. The van der Waals surface area contributed by atoms with E-state index in [0.717, 1.165) is 11.1 Å². The highest BCUT2D eigenvalue weighted by Crippen LogP contribution is 2.38. The first-order valence-electron chi connectivity index (χ1n) is 7.79. The van der Waals surface area contributed by atoms with Gasteiger partial charge in [0.2, 0.25) is 0 Å². The molecule has 0 bridgehead atoms. The molecule has 3 rings (SSSR count). The van der Waals surface area contributed by atoms with E-state index in [1.54, 1.807) is 24.4 Å². The van der Waals surface area contributed by atoms with Crippen LogP contribution in [0.15, 0.2) is 30.5 Å². The van der Waals surface area contributed by atoms with Crippen LogP contribution in [0.5, 0.6) is 11.5 Å². The molecule has 0 saturated heterocycles. The molecular formula is C19H16ClFN2O3. The number of phenolic OH excluding ortho intramolecular Hbond substituents is 1. The van der Waals surface area contributed by atoms with E-state index in [0.29, 0.717) is 29.4 Å². The van der Waals surface area contributed by atoms with Gasteiger partial charge in [0, 0.05) is 23.7 Å². The molecule has 3 aromatic rings. The molecule has 0 unspecified atom stereocenters. The number of hydrogen-bond acceptors (Lipinski definition) is 5. The van der Waals surface area contributed by atoms with Crippen LogP contribution < -0.4 is 10.5 Å². The van der Waals surface area contributed by atoms with E-state index >= 15 is 0 Å². The van der Waals surface area contributed by atoms with Crippen molar-refractivity contribution in [2.75, 3.05) is 7.11 Å². The number of methoxy groups -OCH3 is 1. The van der Waals surface area contributed by atoms with Gasteiger partial charge in [-0.3, -0.25) is 9.78 Å². The molecule has 0 saturated carbocycles. The number of carbonyl (C=O) groups excluding carboxylic acids is 1. The molecule has 5 nitrogen and oxygen atoms in total. The number of ether oxygens (including phenoxy) is 1. The van der Waals surface area contributed by atoms with Crippen LogP contribution in [0.4, 0.5) is 4.39 Å². The number of aromatic nitrogens is 1. The lowest BCUT2D eigenvalue weighted by Gasteiger charge is -2.15. The Morgan fingerprint density at radius 2 is 2.12 bits per heavy atom. The van der Waals surface area contributed by atoms with Gasteiger partial charge in [-0.2, -0.15) is 0 Å². The van der Waals surface area contributed by atoms with Crippen molar-refractivity contribution in [3.05, 3.63) is 63.6 Å². The van der Waals surface area contributed by atoms with E-state index in [-0.39, 0.29) is 28.4 Å². The number of carbonyl (C=O) groups is 1. The predicted octanol–water partition coefficient (Wildman–Crippen LogP) is 3.60. The Morgan fingerprint density at radius 1 is 1.35 bits per heavy atom. The van der Waals surface area contributed by atoms with Crippen LogP contribution in [-0.2, 0) is 13.0 Å². The Bertz CT molecular complexity index is 1010. The van der Waals surface area contributed by atoms with Crippen molar-refractivity contribution in [1.82, 2.24) is 4.98 Å². The van der Waals surface area contributed by atoms with Crippen molar-refractivity contribution in [1.29, 1.82) is 0 Å². The summed E-state index contributed by atoms with van der Waals surface area (Å²) in [5.41, 5.74) is 8.09. The molecule has 0 atom stereocenters. The van der Waals surface area contributed by atoms with Gasteiger partial charge in [0.1, 0.15) is 17.1 Å². The smallest absolute Gasteiger partial charge is 0.154 e. The Kier molecular flexibility index (Phi) is 5.06. The van der Waals surface area contributed by atoms with Crippen molar-refractivity contribution in [3.8, 4) is 11.5 Å². The third-order valence-corrected chi connectivity index (χ3v) is 4.48. The van der Waals surface area contributed by atoms with Crippen molar-refractivity contribution in [2.45, 2.75) is 13.0 Å². The van der Waals surface area contributed by atoms with E-state index in [2.05, 4.69) is 4.98 Å². The number of rotatable bonds is 5. The highest BCUT2D eigenvalue weighted by Gasteiger charge is 2.20. The molecule has 0 spiro atoms. The van der Waals surface area contributed by atoms with Crippen molar-refractivity contribution in [2.24, 2.45) is 5.73 Å². The molecule has 0 aliphatic rings. The number of halogens is 2. The average molecular weight is 375 g/mol. The van der Waals surface area contributed by atoms with Gasteiger partial charge >= 0.3 is 0 Å². The van der Waals surface area contributed by atoms with Gasteiger partial charge < -0.3 is 15.6 Å². The summed E-state index contributed by atoms with van der Waals surface area (Å²) in [5.74, 6) is -0.311. The van der Waals surface area contributed by atoms with Crippen LogP contribution >= 0.6 is 11.6 Å². The number of aromatic hydroxyl groups is 1. The summed E-state index contributed by atoms with van der Waals surface area (Å²) < 4.78 is 18.7. The molecule has 3 N–H and O–H groups in total. The quantitative estimate of drug-likeness (QED) is 0.666. The minimum Gasteiger partial charge on any atom is -0.505 e. The molecule has 0 radical (unpaired) electrons. The second-order valence-corrected chi connectivity index (χ2v) is 6.17. The number of phenols is 1. The number of nitrogens with zero attached hydrogens (tertiary/aromatic N) is 1. The normalized spacial score (nSPS) is 10.9. The summed E-state index contributed by atoms with van der Waals surface area (Å²) in [5, 5.41) is 11.0. The lowest BCUT2D eigenvalue weighted by molar-refractivity contribution is 0.112. The summed E-state index contributed by atoms with van der Waals surface area (Å²) in [4.78, 5) is 15.6. The Balaban J connectivity index is 2.15. The highest BCUT2D eigenvalue weighted by atomic mass is 35.5. The number of benzene rings is 2. The molecule has 0 amide bonds. The van der Waals surface area contributed by atoms with Crippen LogP contribution in [0.1, 0.15) is 27.0 Å². The molecule has 134 valence electrons. The van der Waals surface area contributed by atoms with E-state index in [9.17, 15) is 14.3 Å². The zero-order chi connectivity index (χ0) is 18.8. The first kappa shape index (κ1) is 18.1. The van der Waals surface area contributed by atoms with Gasteiger partial charge in [-0.15, -0.1) is 0 Å². The van der Waals surface area contributed by atoms with Gasteiger partial charge in [0.05, 0.1) is 17.7 Å². The van der Waals surface area contributed by atoms with Crippen molar-refractivity contribution in [3.63, 3.8) is 0 Å². The second kappa shape index (κ2) is 7.27. The third-order valence-electron chi connectivity index (χ3n) is 4.19. The van der Waals surface area contributed by atoms with Crippen molar-refractivity contribution < 1.29 is 19.0 Å². The monoisotopic (exact) mass is 374 g/mol. The zero-order valence-corrected chi connectivity index (χ0v) is 14.7. The molecule has 0 aliphatic heterocycles. The molecule has 0 fully saturated rings. The van der Waals surface area contributed by atoms with E-state index in [4.69, 9.17) is 22.1 Å². The SMILES string of the molecule is COc1c(CN)c(C=O)c(O)c2ncc(Cc3ccc(F)c(Cl)c3)cc12. The summed E-state index contributed by atoms with van der Waals surface area (Å²) in [6, 6.07) is 6.30. The van der Waals surface area contributed by atoms with Gasteiger partial charge in [-0.05, 0) is 35.7 Å². The number of hydrogen-bond donors (Lipinski definition) is 2. The molecule has 1 heterocycles. The molecule has 26 heavy (non-hydrogen) atoms. The maximum Gasteiger partial charge on any atom is 0.154 e. The topological polar surface area (TPSA) is 85.4 Å². The Hall–Kier alpha value is -2.70. The number of aldehydes is 1. The summed E-state index contributed by atoms with van der Waals surface area (Å²) in [6.45, 7) is 0.0263. The molecule has 7 heteroatoms. The second-order valence-electron chi connectivity index (χ2n) is 5.76. The summed E-state index contributed by atoms with van der Waals surface area (Å²) in [7, 11) is 1.46. The standard InChI is InChI=1S/C19H16ClFN2O3/c1-26-19-12-5-11(4-10-2-3-16(21)15(20)6-10)8-23-17(12)18(25)14(9-24)13(19)7-22/h2-3,5-6,8-9,25H,4,7,22H2,1H3. The molecule has 0 aliphatic carbocycles. The van der Waals surface area contributed by atoms with E-state index in [1.807, 2.05) is 0 Å². The summed E-state index contributed by atoms with van der Waals surface area (Å²) in [6.07, 6.45) is 2.57. The minimum atomic E-state index is -0.479. The lowest BCUT2D eigenvalue weighted by Crippen LogP contribution is -2.06. The predicted molar refractivity (Wildman–Crippen MR) is 97.5 cm³/mol. The maximum atomic E-state index is 13.3. The highest BCUT2D eigenvalue weighted by molar-refractivity contribution is 6.30. The van der Waals surface area contributed by atoms with Crippen LogP contribution in [0.25, 0.3) is 10.9 Å². The maximum absolute atomic E-state index is 13.3. The van der Waals surface area contributed by atoms with Crippen molar-refractivity contribution >= 4 is 28.8 Å². The van der Waals surface area contributed by atoms with Crippen LogP contribution in [-0.4, -0.2) is 23.5 Å². The van der Waals surface area contributed by atoms with Crippen LogP contribution in [0, 0.1) is 5.82 Å². The lowest BCUT2D eigenvalue weighted by atomic mass is 9.98. The summed E-state index contributed by atoms with van der Waals surface area (Å²) >= 11 is 5.83.